The van der Waals surface area contributed by atoms with Crippen LogP contribution in [0.4, 0.5) is 4.39 Å². The first-order valence-corrected chi connectivity index (χ1v) is 5.14. The molecule has 0 spiro atoms. The van der Waals surface area contributed by atoms with E-state index in [1.165, 1.54) is 12.1 Å². The summed E-state index contributed by atoms with van der Waals surface area (Å²) in [4.78, 5) is 3.95. The Balaban J connectivity index is 2.48. The SMILES string of the molecule is CCOc1cc(F)ccc1-c1ccncc1. The molecule has 3 heteroatoms. The fourth-order valence-corrected chi connectivity index (χ4v) is 1.54. The van der Waals surface area contributed by atoms with Crippen LogP contribution in [-0.2, 0) is 0 Å². The Morgan fingerprint density at radius 2 is 1.94 bits per heavy atom. The molecule has 0 saturated heterocycles. The number of hydrogen-bond acceptors (Lipinski definition) is 2. The molecule has 0 atom stereocenters. The summed E-state index contributed by atoms with van der Waals surface area (Å²) in [6.45, 7) is 2.39. The van der Waals surface area contributed by atoms with Gasteiger partial charge in [0.15, 0.2) is 0 Å². The molecule has 16 heavy (non-hydrogen) atoms. The summed E-state index contributed by atoms with van der Waals surface area (Å²) < 4.78 is 18.5. The Hall–Kier alpha value is -1.90. The lowest BCUT2D eigenvalue weighted by Crippen LogP contribution is -1.95. The predicted molar refractivity (Wildman–Crippen MR) is 60.8 cm³/mol. The molecule has 0 aliphatic carbocycles. The summed E-state index contributed by atoms with van der Waals surface area (Å²) in [6, 6.07) is 8.29. The van der Waals surface area contributed by atoms with Crippen molar-refractivity contribution < 1.29 is 9.13 Å². The summed E-state index contributed by atoms with van der Waals surface area (Å²) in [5.74, 6) is 0.273. The van der Waals surface area contributed by atoms with Gasteiger partial charge in [-0.25, -0.2) is 4.39 Å². The van der Waals surface area contributed by atoms with Gasteiger partial charge < -0.3 is 4.74 Å². The molecule has 0 amide bonds. The van der Waals surface area contributed by atoms with Gasteiger partial charge in [-0.15, -0.1) is 0 Å². The van der Waals surface area contributed by atoms with Gasteiger partial charge in [-0.1, -0.05) is 0 Å². The second kappa shape index (κ2) is 4.75. The zero-order chi connectivity index (χ0) is 11.4. The van der Waals surface area contributed by atoms with Crippen molar-refractivity contribution in [3.63, 3.8) is 0 Å². The van der Waals surface area contributed by atoms with Gasteiger partial charge in [-0.3, -0.25) is 4.98 Å². The standard InChI is InChI=1S/C13H12FNO/c1-2-16-13-9-11(14)3-4-12(13)10-5-7-15-8-6-10/h3-9H,2H2,1H3. The summed E-state index contributed by atoms with van der Waals surface area (Å²) >= 11 is 0. The monoisotopic (exact) mass is 217 g/mol. The normalized spacial score (nSPS) is 10.1. The van der Waals surface area contributed by atoms with Crippen molar-refractivity contribution in [2.45, 2.75) is 6.92 Å². The van der Waals surface area contributed by atoms with Crippen molar-refractivity contribution in [1.29, 1.82) is 0 Å². The van der Waals surface area contributed by atoms with Crippen LogP contribution in [0.2, 0.25) is 0 Å². The number of halogens is 1. The van der Waals surface area contributed by atoms with Crippen LogP contribution in [0.15, 0.2) is 42.7 Å². The lowest BCUT2D eigenvalue weighted by Gasteiger charge is -2.10. The summed E-state index contributed by atoms with van der Waals surface area (Å²) in [7, 11) is 0. The summed E-state index contributed by atoms with van der Waals surface area (Å²) in [5, 5.41) is 0. The van der Waals surface area contributed by atoms with Gasteiger partial charge in [-0.05, 0) is 36.8 Å². The average molecular weight is 217 g/mol. The molecule has 2 rings (SSSR count). The molecular weight excluding hydrogens is 205 g/mol. The van der Waals surface area contributed by atoms with E-state index in [2.05, 4.69) is 4.98 Å². The molecule has 0 aliphatic heterocycles. The van der Waals surface area contributed by atoms with Crippen molar-refractivity contribution >= 4 is 0 Å². The highest BCUT2D eigenvalue weighted by Crippen LogP contribution is 2.30. The number of aromatic nitrogens is 1. The molecule has 0 aliphatic rings. The summed E-state index contributed by atoms with van der Waals surface area (Å²) in [5.41, 5.74) is 1.85. The molecule has 1 heterocycles. The van der Waals surface area contributed by atoms with E-state index >= 15 is 0 Å². The van der Waals surface area contributed by atoms with E-state index in [1.54, 1.807) is 18.5 Å². The van der Waals surface area contributed by atoms with Crippen LogP contribution in [0.3, 0.4) is 0 Å². The average Bonchev–Trinajstić information content (AvgIpc) is 2.31. The van der Waals surface area contributed by atoms with E-state index < -0.39 is 0 Å². The van der Waals surface area contributed by atoms with Crippen molar-refractivity contribution in [3.8, 4) is 16.9 Å². The fraction of sp³-hybridized carbons (Fsp3) is 0.154. The molecular formula is C13H12FNO. The Morgan fingerprint density at radius 1 is 1.19 bits per heavy atom. The maximum Gasteiger partial charge on any atom is 0.130 e. The van der Waals surface area contributed by atoms with Gasteiger partial charge in [-0.2, -0.15) is 0 Å². The van der Waals surface area contributed by atoms with Gasteiger partial charge in [0.05, 0.1) is 6.61 Å². The number of ether oxygens (including phenoxy) is 1. The molecule has 2 nitrogen and oxygen atoms in total. The lowest BCUT2D eigenvalue weighted by atomic mass is 10.1. The number of rotatable bonds is 3. The van der Waals surface area contributed by atoms with Crippen molar-refractivity contribution in [1.82, 2.24) is 4.98 Å². The highest BCUT2D eigenvalue weighted by atomic mass is 19.1. The Kier molecular flexibility index (Phi) is 3.15. The topological polar surface area (TPSA) is 22.1 Å². The largest absolute Gasteiger partial charge is 0.493 e. The minimum absolute atomic E-state index is 0.291. The molecule has 0 bridgehead atoms. The van der Waals surface area contributed by atoms with Crippen LogP contribution < -0.4 is 4.74 Å². The van der Waals surface area contributed by atoms with Crippen molar-refractivity contribution in [2.75, 3.05) is 6.61 Å². The molecule has 0 N–H and O–H groups in total. The number of benzene rings is 1. The number of nitrogens with zero attached hydrogens (tertiary/aromatic N) is 1. The Bertz CT molecular complexity index is 471. The minimum Gasteiger partial charge on any atom is -0.493 e. The zero-order valence-corrected chi connectivity index (χ0v) is 8.98. The molecule has 0 radical (unpaired) electrons. The number of hydrogen-bond donors (Lipinski definition) is 0. The fourth-order valence-electron chi connectivity index (χ4n) is 1.54. The first kappa shape index (κ1) is 10.6. The molecule has 0 fully saturated rings. The lowest BCUT2D eigenvalue weighted by molar-refractivity contribution is 0.339. The van der Waals surface area contributed by atoms with Gasteiger partial charge >= 0.3 is 0 Å². The van der Waals surface area contributed by atoms with Crippen LogP contribution in [0.25, 0.3) is 11.1 Å². The van der Waals surface area contributed by atoms with Crippen LogP contribution >= 0.6 is 0 Å². The van der Waals surface area contributed by atoms with Crippen LogP contribution in [0, 0.1) is 5.82 Å². The van der Waals surface area contributed by atoms with Gasteiger partial charge in [0, 0.05) is 24.0 Å². The van der Waals surface area contributed by atoms with Crippen LogP contribution in [0.1, 0.15) is 6.92 Å². The smallest absolute Gasteiger partial charge is 0.130 e. The first-order chi connectivity index (χ1) is 7.81. The van der Waals surface area contributed by atoms with E-state index in [4.69, 9.17) is 4.74 Å². The van der Waals surface area contributed by atoms with Crippen LogP contribution in [-0.4, -0.2) is 11.6 Å². The maximum absolute atomic E-state index is 13.1. The molecule has 2 aromatic rings. The third-order valence-electron chi connectivity index (χ3n) is 2.23. The zero-order valence-electron chi connectivity index (χ0n) is 8.98. The molecule has 82 valence electrons. The second-order valence-corrected chi connectivity index (χ2v) is 3.31. The third-order valence-corrected chi connectivity index (χ3v) is 2.23. The van der Waals surface area contributed by atoms with Gasteiger partial charge in [0.25, 0.3) is 0 Å². The molecule has 0 unspecified atom stereocenters. The highest BCUT2D eigenvalue weighted by Gasteiger charge is 2.06. The summed E-state index contributed by atoms with van der Waals surface area (Å²) in [6.07, 6.45) is 3.41. The first-order valence-electron chi connectivity index (χ1n) is 5.14. The van der Waals surface area contributed by atoms with E-state index in [1.807, 2.05) is 19.1 Å². The van der Waals surface area contributed by atoms with E-state index in [0.717, 1.165) is 11.1 Å². The Morgan fingerprint density at radius 3 is 2.62 bits per heavy atom. The predicted octanol–water partition coefficient (Wildman–Crippen LogP) is 3.29. The highest BCUT2D eigenvalue weighted by molar-refractivity contribution is 5.69. The van der Waals surface area contributed by atoms with Gasteiger partial charge in [0.1, 0.15) is 11.6 Å². The van der Waals surface area contributed by atoms with Crippen molar-refractivity contribution in [3.05, 3.63) is 48.5 Å². The maximum atomic E-state index is 13.1. The van der Waals surface area contributed by atoms with E-state index in [-0.39, 0.29) is 5.82 Å². The van der Waals surface area contributed by atoms with E-state index in [0.29, 0.717) is 12.4 Å². The van der Waals surface area contributed by atoms with Crippen molar-refractivity contribution in [2.24, 2.45) is 0 Å². The van der Waals surface area contributed by atoms with E-state index in [9.17, 15) is 4.39 Å². The Labute approximate surface area is 93.7 Å². The second-order valence-electron chi connectivity index (χ2n) is 3.31. The molecule has 1 aromatic carbocycles. The van der Waals surface area contributed by atoms with Gasteiger partial charge in [0.2, 0.25) is 0 Å². The minimum atomic E-state index is -0.291. The van der Waals surface area contributed by atoms with Crippen LogP contribution in [0.5, 0.6) is 5.75 Å². The quantitative estimate of drug-likeness (QED) is 0.787. The number of pyridine rings is 1. The molecule has 0 saturated carbocycles. The molecule has 1 aromatic heterocycles. The third kappa shape index (κ3) is 2.19.